The Kier molecular flexibility index (Phi) is 3.65. The van der Waals surface area contributed by atoms with E-state index in [1.54, 1.807) is 0 Å². The molecule has 2 aromatic rings. The van der Waals surface area contributed by atoms with Gasteiger partial charge in [-0.25, -0.2) is 0 Å². The molecule has 1 aromatic heterocycles. The summed E-state index contributed by atoms with van der Waals surface area (Å²) in [6, 6.07) is 7.77. The number of hydrogen-bond acceptors (Lipinski definition) is 3. The number of benzene rings is 1. The zero-order chi connectivity index (χ0) is 15.7. The Hall–Kier alpha value is -2.66. The fourth-order valence-electron chi connectivity index (χ4n) is 2.57. The molecule has 1 aromatic carbocycles. The number of carbonyl (C=O) groups excluding carboxylic acids is 1. The summed E-state index contributed by atoms with van der Waals surface area (Å²) < 4.78 is 0. The quantitative estimate of drug-likeness (QED) is 0.813. The third kappa shape index (κ3) is 2.58. The Morgan fingerprint density at radius 2 is 2.14 bits per heavy atom. The van der Waals surface area contributed by atoms with Crippen LogP contribution in [0.2, 0.25) is 0 Å². The van der Waals surface area contributed by atoms with Gasteiger partial charge in [-0.15, -0.1) is 0 Å². The van der Waals surface area contributed by atoms with Crippen molar-refractivity contribution in [3.63, 3.8) is 0 Å². The van der Waals surface area contributed by atoms with Crippen molar-refractivity contribution in [3.8, 4) is 0 Å². The number of nitrogens with zero attached hydrogens (tertiary/aromatic N) is 1. The summed E-state index contributed by atoms with van der Waals surface area (Å²) in [6.07, 6.45) is 3.78. The summed E-state index contributed by atoms with van der Waals surface area (Å²) in [5.74, 6) is -0.0851. The van der Waals surface area contributed by atoms with Gasteiger partial charge < -0.3 is 16.0 Å². The lowest BCUT2D eigenvalue weighted by atomic mass is 9.99. The molecular weight excluding hydrogens is 276 g/mol. The molecule has 4 N–H and O–H groups in total. The molecule has 5 heteroatoms. The fraction of sp³-hybridized carbons (Fsp3) is 0.176. The number of aromatic nitrogens is 1. The van der Waals surface area contributed by atoms with E-state index >= 15 is 0 Å². The molecule has 0 radical (unpaired) electrons. The second kappa shape index (κ2) is 5.61. The second-order valence-corrected chi connectivity index (χ2v) is 5.34. The van der Waals surface area contributed by atoms with Gasteiger partial charge in [-0.1, -0.05) is 0 Å². The number of aromatic amines is 1. The van der Waals surface area contributed by atoms with Crippen LogP contribution in [0.4, 0.5) is 11.4 Å². The number of nitrogens with one attached hydrogen (secondary N) is 2. The Bertz CT molecular complexity index is 799. The van der Waals surface area contributed by atoms with Gasteiger partial charge in [0.05, 0.1) is 5.69 Å². The van der Waals surface area contributed by atoms with Gasteiger partial charge in [-0.05, 0) is 42.3 Å². The smallest absolute Gasteiger partial charge is 0.221 e. The maximum Gasteiger partial charge on any atom is 0.221 e. The molecule has 1 amide bonds. The number of hydrogen-bond donors (Lipinski definition) is 3. The molecule has 1 aliphatic rings. The monoisotopic (exact) mass is 294 g/mol. The summed E-state index contributed by atoms with van der Waals surface area (Å²) in [5.41, 5.74) is 12.6. The SMILES string of the molecule is CC(=O)Nc1ccc2c(c1)C(=C(C)c1cc(CN)c[nH]1)C=N2. The number of nitrogens with two attached hydrogens (primary N) is 1. The van der Waals surface area contributed by atoms with Crippen LogP contribution in [-0.2, 0) is 11.3 Å². The van der Waals surface area contributed by atoms with Crippen molar-refractivity contribution in [2.45, 2.75) is 20.4 Å². The van der Waals surface area contributed by atoms with Crippen LogP contribution in [0.1, 0.15) is 30.7 Å². The minimum atomic E-state index is -0.0851. The molecule has 0 bridgehead atoms. The highest BCUT2D eigenvalue weighted by atomic mass is 16.1. The van der Waals surface area contributed by atoms with Gasteiger partial charge in [0.2, 0.25) is 5.91 Å². The van der Waals surface area contributed by atoms with Crippen molar-refractivity contribution in [1.29, 1.82) is 0 Å². The molecule has 112 valence electrons. The average molecular weight is 294 g/mol. The molecule has 0 unspecified atom stereocenters. The van der Waals surface area contributed by atoms with Gasteiger partial charge in [0.25, 0.3) is 0 Å². The van der Waals surface area contributed by atoms with E-state index in [4.69, 9.17) is 5.73 Å². The van der Waals surface area contributed by atoms with Gasteiger partial charge in [-0.3, -0.25) is 9.79 Å². The summed E-state index contributed by atoms with van der Waals surface area (Å²) in [7, 11) is 0. The highest BCUT2D eigenvalue weighted by Crippen LogP contribution is 2.37. The summed E-state index contributed by atoms with van der Waals surface area (Å²) in [4.78, 5) is 18.9. The first-order valence-electron chi connectivity index (χ1n) is 7.13. The molecule has 22 heavy (non-hydrogen) atoms. The number of rotatable bonds is 3. The van der Waals surface area contributed by atoms with Crippen molar-refractivity contribution in [3.05, 3.63) is 47.3 Å². The van der Waals surface area contributed by atoms with E-state index < -0.39 is 0 Å². The molecule has 5 nitrogen and oxygen atoms in total. The molecule has 0 saturated carbocycles. The molecule has 0 aliphatic carbocycles. The third-order valence-electron chi connectivity index (χ3n) is 3.73. The summed E-state index contributed by atoms with van der Waals surface area (Å²) >= 11 is 0. The molecule has 0 atom stereocenters. The van der Waals surface area contributed by atoms with Crippen LogP contribution in [0.15, 0.2) is 35.5 Å². The summed E-state index contributed by atoms with van der Waals surface area (Å²) in [5, 5.41) is 2.81. The van der Waals surface area contributed by atoms with Crippen LogP contribution in [-0.4, -0.2) is 17.1 Å². The maximum absolute atomic E-state index is 11.2. The zero-order valence-corrected chi connectivity index (χ0v) is 12.6. The van der Waals surface area contributed by atoms with Crippen LogP contribution >= 0.6 is 0 Å². The van der Waals surface area contributed by atoms with E-state index in [1.807, 2.05) is 43.6 Å². The number of carbonyl (C=O) groups is 1. The largest absolute Gasteiger partial charge is 0.361 e. The standard InChI is InChI=1S/C17H18N4O/c1-10(17-5-12(7-18)8-19-17)15-9-20-16-4-3-13(6-14(15)16)21-11(2)22/h3-6,8-9,19H,7,18H2,1-2H3,(H,21,22). The highest BCUT2D eigenvalue weighted by molar-refractivity contribution is 6.24. The van der Waals surface area contributed by atoms with E-state index in [0.29, 0.717) is 6.54 Å². The molecule has 3 rings (SSSR count). The van der Waals surface area contributed by atoms with Crippen molar-refractivity contribution >= 4 is 34.6 Å². The normalized spacial score (nSPS) is 14.9. The first-order chi connectivity index (χ1) is 10.6. The molecule has 0 spiro atoms. The number of H-pyrrole nitrogens is 1. The Labute approximate surface area is 129 Å². The van der Waals surface area contributed by atoms with Crippen LogP contribution in [0, 0.1) is 0 Å². The minimum Gasteiger partial charge on any atom is -0.361 e. The number of amides is 1. The third-order valence-corrected chi connectivity index (χ3v) is 3.73. The zero-order valence-electron chi connectivity index (χ0n) is 12.6. The van der Waals surface area contributed by atoms with Gasteiger partial charge in [-0.2, -0.15) is 0 Å². The Morgan fingerprint density at radius 1 is 1.32 bits per heavy atom. The predicted molar refractivity (Wildman–Crippen MR) is 90.1 cm³/mol. The first-order valence-corrected chi connectivity index (χ1v) is 7.13. The van der Waals surface area contributed by atoms with Crippen LogP contribution in [0.5, 0.6) is 0 Å². The minimum absolute atomic E-state index is 0.0851. The first kappa shape index (κ1) is 14.3. The predicted octanol–water partition coefficient (Wildman–Crippen LogP) is 3.08. The van der Waals surface area contributed by atoms with Gasteiger partial charge >= 0.3 is 0 Å². The number of fused-ring (bicyclic) bond motifs is 1. The van der Waals surface area contributed by atoms with E-state index in [0.717, 1.165) is 39.3 Å². The van der Waals surface area contributed by atoms with Gasteiger partial charge in [0, 0.05) is 48.4 Å². The van der Waals surface area contributed by atoms with Crippen LogP contribution < -0.4 is 11.1 Å². The number of aliphatic imine (C=N–C) groups is 1. The van der Waals surface area contributed by atoms with Gasteiger partial charge in [0.1, 0.15) is 0 Å². The second-order valence-electron chi connectivity index (χ2n) is 5.34. The molecule has 1 aliphatic heterocycles. The van der Waals surface area contributed by atoms with Crippen molar-refractivity contribution in [2.24, 2.45) is 10.7 Å². The van der Waals surface area contributed by atoms with E-state index in [2.05, 4.69) is 15.3 Å². The average Bonchev–Trinajstić information content (AvgIpc) is 3.12. The lowest BCUT2D eigenvalue weighted by Crippen LogP contribution is -2.05. The van der Waals surface area contributed by atoms with Crippen molar-refractivity contribution in [1.82, 2.24) is 4.98 Å². The Balaban J connectivity index is 2.03. The lowest BCUT2D eigenvalue weighted by Gasteiger charge is -2.08. The van der Waals surface area contributed by atoms with E-state index in [9.17, 15) is 4.79 Å². The van der Waals surface area contributed by atoms with Crippen LogP contribution in [0.3, 0.4) is 0 Å². The van der Waals surface area contributed by atoms with Crippen molar-refractivity contribution < 1.29 is 4.79 Å². The van der Waals surface area contributed by atoms with Gasteiger partial charge in [0.15, 0.2) is 0 Å². The van der Waals surface area contributed by atoms with Crippen molar-refractivity contribution in [2.75, 3.05) is 5.32 Å². The fourth-order valence-corrected chi connectivity index (χ4v) is 2.57. The lowest BCUT2D eigenvalue weighted by molar-refractivity contribution is -0.114. The molecule has 2 heterocycles. The van der Waals surface area contributed by atoms with E-state index in [1.165, 1.54) is 6.92 Å². The Morgan fingerprint density at radius 3 is 2.82 bits per heavy atom. The molecular formula is C17H18N4O. The van der Waals surface area contributed by atoms with Crippen LogP contribution in [0.25, 0.3) is 11.1 Å². The van der Waals surface area contributed by atoms with E-state index in [-0.39, 0.29) is 5.91 Å². The maximum atomic E-state index is 11.2. The molecule has 0 saturated heterocycles. The number of allylic oxidation sites excluding steroid dienone is 2. The highest BCUT2D eigenvalue weighted by Gasteiger charge is 2.17. The summed E-state index contributed by atoms with van der Waals surface area (Å²) in [6.45, 7) is 4.06. The number of anilines is 1. The topological polar surface area (TPSA) is 83.3 Å². The molecule has 0 fully saturated rings.